The van der Waals surface area contributed by atoms with Crippen molar-refractivity contribution in [3.63, 3.8) is 0 Å². The molecule has 2 heteroatoms. The van der Waals surface area contributed by atoms with Gasteiger partial charge in [0.15, 0.2) is 0 Å². The third kappa shape index (κ3) is 3.69. The lowest BCUT2D eigenvalue weighted by Crippen LogP contribution is -2.50. The predicted octanol–water partition coefficient (Wildman–Crippen LogP) is 2.50. The summed E-state index contributed by atoms with van der Waals surface area (Å²) < 4.78 is 0. The highest BCUT2D eigenvalue weighted by Gasteiger charge is 2.31. The summed E-state index contributed by atoms with van der Waals surface area (Å²) in [6, 6.07) is 0.785. The lowest BCUT2D eigenvalue weighted by Gasteiger charge is -2.38. The molecule has 0 aromatic rings. The summed E-state index contributed by atoms with van der Waals surface area (Å²) in [6.07, 6.45) is 8.72. The lowest BCUT2D eigenvalue weighted by atomic mass is 9.92. The van der Waals surface area contributed by atoms with Crippen LogP contribution in [-0.2, 0) is 0 Å². The number of rotatable bonds is 6. The van der Waals surface area contributed by atoms with E-state index in [-0.39, 0.29) is 0 Å². The van der Waals surface area contributed by atoms with E-state index < -0.39 is 0 Å². The van der Waals surface area contributed by atoms with Crippen molar-refractivity contribution in [1.82, 2.24) is 10.2 Å². The Kier molecular flexibility index (Phi) is 3.72. The Hall–Kier alpha value is -0.0800. The summed E-state index contributed by atoms with van der Waals surface area (Å²) in [7, 11) is 0. The fourth-order valence-electron chi connectivity index (χ4n) is 3.22. The van der Waals surface area contributed by atoms with Crippen molar-refractivity contribution in [2.45, 2.75) is 51.5 Å². The maximum atomic E-state index is 3.83. The molecule has 3 fully saturated rings. The van der Waals surface area contributed by atoms with Crippen molar-refractivity contribution < 1.29 is 0 Å². The summed E-state index contributed by atoms with van der Waals surface area (Å²) in [4.78, 5) is 2.75. The Bertz CT molecular complexity index is 245. The van der Waals surface area contributed by atoms with Crippen LogP contribution in [0.4, 0.5) is 0 Å². The smallest absolute Gasteiger partial charge is 0.0198 e. The van der Waals surface area contributed by atoms with Gasteiger partial charge in [-0.1, -0.05) is 13.3 Å². The largest absolute Gasteiger partial charge is 0.312 e. The van der Waals surface area contributed by atoms with E-state index in [1.807, 2.05) is 0 Å². The van der Waals surface area contributed by atoms with Crippen molar-refractivity contribution in [3.05, 3.63) is 0 Å². The van der Waals surface area contributed by atoms with Crippen molar-refractivity contribution in [2.24, 2.45) is 17.8 Å². The molecule has 1 aliphatic heterocycles. The Morgan fingerprint density at radius 1 is 1.00 bits per heavy atom. The lowest BCUT2D eigenvalue weighted by molar-refractivity contribution is 0.133. The molecule has 3 aliphatic rings. The number of likely N-dealkylation sites (tertiary alicyclic amines) is 1. The maximum absolute atomic E-state index is 3.83. The molecule has 2 atom stereocenters. The van der Waals surface area contributed by atoms with Crippen LogP contribution in [0, 0.1) is 17.8 Å². The van der Waals surface area contributed by atoms with Crippen LogP contribution in [0.5, 0.6) is 0 Å². The molecule has 2 aliphatic carbocycles. The van der Waals surface area contributed by atoms with Crippen molar-refractivity contribution in [2.75, 3.05) is 26.2 Å². The molecule has 0 aromatic carbocycles. The van der Waals surface area contributed by atoms with E-state index in [1.54, 1.807) is 0 Å². The average molecular weight is 236 g/mol. The molecule has 0 radical (unpaired) electrons. The SMILES string of the molecule is CCC1CC(NCC2CC2)CN(CC2CC2)C1. The van der Waals surface area contributed by atoms with Crippen LogP contribution < -0.4 is 5.32 Å². The standard InChI is InChI=1S/C15H28N2/c1-2-12-7-15(16-8-13-3-4-13)11-17(9-12)10-14-5-6-14/h12-16H,2-11H2,1H3. The fraction of sp³-hybridized carbons (Fsp3) is 1.00. The van der Waals surface area contributed by atoms with Gasteiger partial charge in [-0.05, 0) is 56.4 Å². The number of piperidine rings is 1. The third-order valence-electron chi connectivity index (χ3n) is 4.80. The zero-order chi connectivity index (χ0) is 11.7. The molecule has 2 nitrogen and oxygen atoms in total. The highest BCUT2D eigenvalue weighted by molar-refractivity contribution is 4.88. The van der Waals surface area contributed by atoms with Crippen LogP contribution >= 0.6 is 0 Å². The molecule has 1 heterocycles. The average Bonchev–Trinajstić information content (AvgIpc) is 3.20. The molecule has 0 bridgehead atoms. The van der Waals surface area contributed by atoms with Crippen molar-refractivity contribution in [3.8, 4) is 0 Å². The topological polar surface area (TPSA) is 15.3 Å². The summed E-state index contributed by atoms with van der Waals surface area (Å²) >= 11 is 0. The van der Waals surface area contributed by atoms with Crippen LogP contribution in [0.1, 0.15) is 45.4 Å². The second kappa shape index (κ2) is 5.27. The molecule has 17 heavy (non-hydrogen) atoms. The van der Waals surface area contributed by atoms with Crippen LogP contribution in [0.2, 0.25) is 0 Å². The Morgan fingerprint density at radius 3 is 2.41 bits per heavy atom. The first kappa shape index (κ1) is 12.0. The molecular formula is C15H28N2. The zero-order valence-corrected chi connectivity index (χ0v) is 11.3. The van der Waals surface area contributed by atoms with E-state index in [2.05, 4.69) is 17.1 Å². The van der Waals surface area contributed by atoms with Crippen LogP contribution in [0.3, 0.4) is 0 Å². The van der Waals surface area contributed by atoms with Gasteiger partial charge in [0.05, 0.1) is 0 Å². The van der Waals surface area contributed by atoms with Gasteiger partial charge >= 0.3 is 0 Å². The number of hydrogen-bond donors (Lipinski definition) is 1. The maximum Gasteiger partial charge on any atom is 0.0198 e. The molecular weight excluding hydrogens is 208 g/mol. The monoisotopic (exact) mass is 236 g/mol. The summed E-state index contributed by atoms with van der Waals surface area (Å²) in [5, 5.41) is 3.83. The third-order valence-corrected chi connectivity index (χ3v) is 4.80. The highest BCUT2D eigenvalue weighted by atomic mass is 15.2. The minimum absolute atomic E-state index is 0.785. The highest BCUT2D eigenvalue weighted by Crippen LogP contribution is 2.32. The Morgan fingerprint density at radius 2 is 1.76 bits per heavy atom. The summed E-state index contributed by atoms with van der Waals surface area (Å²) in [6.45, 7) is 7.73. The Balaban J connectivity index is 1.46. The molecule has 0 amide bonds. The van der Waals surface area contributed by atoms with Crippen LogP contribution in [0.25, 0.3) is 0 Å². The number of nitrogens with one attached hydrogen (secondary N) is 1. The van der Waals surface area contributed by atoms with E-state index in [0.717, 1.165) is 23.8 Å². The first-order chi connectivity index (χ1) is 8.33. The van der Waals surface area contributed by atoms with E-state index in [1.165, 1.54) is 64.7 Å². The van der Waals surface area contributed by atoms with Gasteiger partial charge in [0.25, 0.3) is 0 Å². The minimum Gasteiger partial charge on any atom is -0.312 e. The van der Waals surface area contributed by atoms with Gasteiger partial charge in [0.2, 0.25) is 0 Å². The van der Waals surface area contributed by atoms with Gasteiger partial charge in [-0.25, -0.2) is 0 Å². The molecule has 1 saturated heterocycles. The quantitative estimate of drug-likeness (QED) is 0.762. The number of hydrogen-bond acceptors (Lipinski definition) is 2. The van der Waals surface area contributed by atoms with Crippen LogP contribution in [0.15, 0.2) is 0 Å². The molecule has 0 spiro atoms. The first-order valence-corrected chi connectivity index (χ1v) is 7.79. The van der Waals surface area contributed by atoms with Crippen LogP contribution in [-0.4, -0.2) is 37.1 Å². The van der Waals surface area contributed by atoms with Gasteiger partial charge in [0.1, 0.15) is 0 Å². The zero-order valence-electron chi connectivity index (χ0n) is 11.3. The second-order valence-corrected chi connectivity index (χ2v) is 6.72. The molecule has 1 N–H and O–H groups in total. The fourth-order valence-corrected chi connectivity index (χ4v) is 3.22. The van der Waals surface area contributed by atoms with E-state index in [4.69, 9.17) is 0 Å². The second-order valence-electron chi connectivity index (χ2n) is 6.72. The van der Waals surface area contributed by atoms with Gasteiger partial charge in [0, 0.05) is 25.7 Å². The van der Waals surface area contributed by atoms with E-state index >= 15 is 0 Å². The molecule has 2 unspecified atom stereocenters. The van der Waals surface area contributed by atoms with Gasteiger partial charge in [-0.15, -0.1) is 0 Å². The summed E-state index contributed by atoms with van der Waals surface area (Å²) in [5.41, 5.74) is 0. The van der Waals surface area contributed by atoms with Crippen molar-refractivity contribution in [1.29, 1.82) is 0 Å². The van der Waals surface area contributed by atoms with Crippen molar-refractivity contribution >= 4 is 0 Å². The number of nitrogens with zero attached hydrogens (tertiary/aromatic N) is 1. The Labute approximate surface area is 106 Å². The predicted molar refractivity (Wildman–Crippen MR) is 72.1 cm³/mol. The normalized spacial score (nSPS) is 35.1. The van der Waals surface area contributed by atoms with Gasteiger partial charge in [-0.2, -0.15) is 0 Å². The first-order valence-electron chi connectivity index (χ1n) is 7.79. The molecule has 0 aromatic heterocycles. The summed E-state index contributed by atoms with van der Waals surface area (Å²) in [5.74, 6) is 3.02. The molecule has 3 rings (SSSR count). The van der Waals surface area contributed by atoms with Gasteiger partial charge < -0.3 is 10.2 Å². The van der Waals surface area contributed by atoms with E-state index in [0.29, 0.717) is 0 Å². The van der Waals surface area contributed by atoms with E-state index in [9.17, 15) is 0 Å². The van der Waals surface area contributed by atoms with Gasteiger partial charge in [-0.3, -0.25) is 0 Å². The molecule has 2 saturated carbocycles. The molecule has 98 valence electrons. The minimum atomic E-state index is 0.785.